The highest BCUT2D eigenvalue weighted by Gasteiger charge is 2.27. The van der Waals surface area contributed by atoms with Crippen molar-refractivity contribution in [2.45, 2.75) is 19.3 Å². The molecule has 0 unspecified atom stereocenters. The Morgan fingerprint density at radius 2 is 1.76 bits per heavy atom. The molecule has 4 nitrogen and oxygen atoms in total. The van der Waals surface area contributed by atoms with Crippen LogP contribution in [-0.4, -0.2) is 48.8 Å². The molecule has 2 amide bonds. The molecule has 0 aromatic heterocycles. The van der Waals surface area contributed by atoms with Crippen molar-refractivity contribution in [3.63, 3.8) is 0 Å². The van der Waals surface area contributed by atoms with Gasteiger partial charge in [0.15, 0.2) is 0 Å². The quantitative estimate of drug-likeness (QED) is 0.859. The average molecular weight is 309 g/mol. The summed E-state index contributed by atoms with van der Waals surface area (Å²) in [5.41, 5.74) is 0.968. The van der Waals surface area contributed by atoms with Crippen molar-refractivity contribution in [2.75, 3.05) is 27.2 Å². The number of likely N-dealkylation sites (tertiary alicyclic amines) is 1. The second-order valence-electron chi connectivity index (χ2n) is 5.69. The summed E-state index contributed by atoms with van der Waals surface area (Å²) >= 11 is 5.84. The number of rotatable bonds is 3. The first-order valence-corrected chi connectivity index (χ1v) is 7.58. The van der Waals surface area contributed by atoms with E-state index in [0.717, 1.165) is 18.4 Å². The molecule has 0 N–H and O–H groups in total. The summed E-state index contributed by atoms with van der Waals surface area (Å²) in [7, 11) is 3.56. The number of piperidine rings is 1. The Bertz CT molecular complexity index is 506. The molecule has 1 aliphatic rings. The second-order valence-corrected chi connectivity index (χ2v) is 6.13. The Morgan fingerprint density at radius 3 is 2.29 bits per heavy atom. The maximum absolute atomic E-state index is 12.3. The normalized spacial score (nSPS) is 15.9. The largest absolute Gasteiger partial charge is 0.349 e. The van der Waals surface area contributed by atoms with Crippen molar-refractivity contribution in [3.8, 4) is 0 Å². The molecule has 5 heteroatoms. The number of carbonyl (C=O) groups is 2. The average Bonchev–Trinajstić information content (AvgIpc) is 2.49. The van der Waals surface area contributed by atoms with E-state index in [9.17, 15) is 9.59 Å². The monoisotopic (exact) mass is 308 g/mol. The molecule has 0 saturated carbocycles. The van der Waals surface area contributed by atoms with Crippen molar-refractivity contribution in [3.05, 3.63) is 34.9 Å². The molecule has 114 valence electrons. The van der Waals surface area contributed by atoms with Crippen molar-refractivity contribution in [1.82, 2.24) is 9.80 Å². The van der Waals surface area contributed by atoms with E-state index in [2.05, 4.69) is 0 Å². The fourth-order valence-corrected chi connectivity index (χ4v) is 2.76. The fraction of sp³-hybridized carbons (Fsp3) is 0.500. The van der Waals surface area contributed by atoms with Crippen molar-refractivity contribution >= 4 is 23.4 Å². The molecule has 0 bridgehead atoms. The molecular formula is C16H21ClN2O2. The number of carbonyl (C=O) groups excluding carboxylic acids is 2. The van der Waals surface area contributed by atoms with E-state index in [4.69, 9.17) is 11.6 Å². The van der Waals surface area contributed by atoms with Crippen LogP contribution in [-0.2, 0) is 16.0 Å². The Kier molecular flexibility index (Phi) is 5.23. The lowest BCUT2D eigenvalue weighted by Crippen LogP contribution is -2.43. The molecule has 1 saturated heterocycles. The number of nitrogens with zero attached hydrogens (tertiary/aromatic N) is 2. The number of benzene rings is 1. The molecule has 1 fully saturated rings. The van der Waals surface area contributed by atoms with Crippen LogP contribution in [0.5, 0.6) is 0 Å². The maximum atomic E-state index is 12.3. The van der Waals surface area contributed by atoms with E-state index in [1.54, 1.807) is 31.1 Å². The standard InChI is InChI=1S/C16H21ClN2O2/c1-18(2)16(21)13-7-9-19(10-8-13)15(20)11-12-3-5-14(17)6-4-12/h3-6,13H,7-11H2,1-2H3. The van der Waals surface area contributed by atoms with Gasteiger partial charge in [-0.25, -0.2) is 0 Å². The molecule has 1 aliphatic heterocycles. The number of amides is 2. The van der Waals surface area contributed by atoms with E-state index >= 15 is 0 Å². The third kappa shape index (κ3) is 4.21. The van der Waals surface area contributed by atoms with E-state index in [1.165, 1.54) is 0 Å². The SMILES string of the molecule is CN(C)C(=O)C1CCN(C(=O)Cc2ccc(Cl)cc2)CC1. The van der Waals surface area contributed by atoms with Crippen LogP contribution in [0.3, 0.4) is 0 Å². The molecule has 0 spiro atoms. The van der Waals surface area contributed by atoms with Gasteiger partial charge in [-0.2, -0.15) is 0 Å². The lowest BCUT2D eigenvalue weighted by molar-refractivity contribution is -0.138. The van der Waals surface area contributed by atoms with Crippen LogP contribution in [0.2, 0.25) is 5.02 Å². The van der Waals surface area contributed by atoms with Crippen LogP contribution in [0.1, 0.15) is 18.4 Å². The Labute approximate surface area is 130 Å². The Morgan fingerprint density at radius 1 is 1.19 bits per heavy atom. The second kappa shape index (κ2) is 6.94. The van der Waals surface area contributed by atoms with Gasteiger partial charge in [-0.15, -0.1) is 0 Å². The minimum atomic E-state index is 0.0552. The van der Waals surface area contributed by atoms with Crippen LogP contribution in [0.4, 0.5) is 0 Å². The third-order valence-electron chi connectivity index (χ3n) is 3.91. The molecule has 0 atom stereocenters. The van der Waals surface area contributed by atoms with Crippen LogP contribution < -0.4 is 0 Å². The number of halogens is 1. The van der Waals surface area contributed by atoms with Gasteiger partial charge in [-0.3, -0.25) is 9.59 Å². The summed E-state index contributed by atoms with van der Waals surface area (Å²) in [6, 6.07) is 7.35. The fourth-order valence-electron chi connectivity index (χ4n) is 2.63. The first-order chi connectivity index (χ1) is 9.97. The Hall–Kier alpha value is -1.55. The molecule has 2 rings (SSSR count). The van der Waals surface area contributed by atoms with Gasteiger partial charge in [-0.05, 0) is 30.5 Å². The van der Waals surface area contributed by atoms with Gasteiger partial charge in [-0.1, -0.05) is 23.7 Å². The third-order valence-corrected chi connectivity index (χ3v) is 4.16. The highest BCUT2D eigenvalue weighted by Crippen LogP contribution is 2.20. The molecular weight excluding hydrogens is 288 g/mol. The van der Waals surface area contributed by atoms with Crippen molar-refractivity contribution in [2.24, 2.45) is 5.92 Å². The van der Waals surface area contributed by atoms with Gasteiger partial charge in [0.2, 0.25) is 11.8 Å². The Balaban J connectivity index is 1.86. The van der Waals surface area contributed by atoms with Crippen LogP contribution in [0.15, 0.2) is 24.3 Å². The molecule has 1 aromatic rings. The van der Waals surface area contributed by atoms with Crippen LogP contribution >= 0.6 is 11.6 Å². The molecule has 0 aliphatic carbocycles. The first-order valence-electron chi connectivity index (χ1n) is 7.20. The molecule has 21 heavy (non-hydrogen) atoms. The molecule has 1 heterocycles. The zero-order valence-corrected chi connectivity index (χ0v) is 13.3. The maximum Gasteiger partial charge on any atom is 0.226 e. The summed E-state index contributed by atoms with van der Waals surface area (Å²) in [5.74, 6) is 0.340. The van der Waals surface area contributed by atoms with E-state index in [-0.39, 0.29) is 17.7 Å². The highest BCUT2D eigenvalue weighted by molar-refractivity contribution is 6.30. The smallest absolute Gasteiger partial charge is 0.226 e. The minimum Gasteiger partial charge on any atom is -0.349 e. The summed E-state index contributed by atoms with van der Waals surface area (Å²) in [4.78, 5) is 27.7. The van der Waals surface area contributed by atoms with Gasteiger partial charge >= 0.3 is 0 Å². The predicted molar refractivity (Wildman–Crippen MR) is 83.2 cm³/mol. The summed E-state index contributed by atoms with van der Waals surface area (Å²) in [6.45, 7) is 1.33. The van der Waals surface area contributed by atoms with Gasteiger partial charge in [0.25, 0.3) is 0 Å². The van der Waals surface area contributed by atoms with E-state index < -0.39 is 0 Å². The number of hydrogen-bond acceptors (Lipinski definition) is 2. The zero-order chi connectivity index (χ0) is 15.4. The lowest BCUT2D eigenvalue weighted by Gasteiger charge is -2.32. The van der Waals surface area contributed by atoms with Crippen molar-refractivity contribution < 1.29 is 9.59 Å². The van der Waals surface area contributed by atoms with Gasteiger partial charge in [0, 0.05) is 38.1 Å². The minimum absolute atomic E-state index is 0.0552. The van der Waals surface area contributed by atoms with Gasteiger partial charge < -0.3 is 9.80 Å². The first kappa shape index (κ1) is 15.8. The summed E-state index contributed by atoms with van der Waals surface area (Å²) in [6.07, 6.45) is 1.90. The predicted octanol–water partition coefficient (Wildman–Crippen LogP) is 2.21. The summed E-state index contributed by atoms with van der Waals surface area (Å²) < 4.78 is 0. The molecule has 0 radical (unpaired) electrons. The van der Waals surface area contributed by atoms with Gasteiger partial charge in [0.05, 0.1) is 6.42 Å². The van der Waals surface area contributed by atoms with E-state index in [1.807, 2.05) is 17.0 Å². The topological polar surface area (TPSA) is 40.6 Å². The van der Waals surface area contributed by atoms with E-state index in [0.29, 0.717) is 24.5 Å². The van der Waals surface area contributed by atoms with Crippen LogP contribution in [0.25, 0.3) is 0 Å². The molecule has 1 aromatic carbocycles. The highest BCUT2D eigenvalue weighted by atomic mass is 35.5. The zero-order valence-electron chi connectivity index (χ0n) is 12.5. The number of hydrogen-bond donors (Lipinski definition) is 0. The van der Waals surface area contributed by atoms with Crippen molar-refractivity contribution in [1.29, 1.82) is 0 Å². The lowest BCUT2D eigenvalue weighted by atomic mass is 9.95. The summed E-state index contributed by atoms with van der Waals surface area (Å²) in [5, 5.41) is 0.675. The van der Waals surface area contributed by atoms with Gasteiger partial charge in [0.1, 0.15) is 0 Å². The van der Waals surface area contributed by atoms with Crippen LogP contribution in [0, 0.1) is 5.92 Å².